The Morgan fingerprint density at radius 3 is 2.46 bits per heavy atom. The minimum atomic E-state index is -0.804. The zero-order valence-electron chi connectivity index (χ0n) is 22.1. The second kappa shape index (κ2) is 8.96. The molecule has 4 heterocycles. The van der Waals surface area contributed by atoms with Gasteiger partial charge in [-0.15, -0.1) is 23.2 Å². The van der Waals surface area contributed by atoms with Crippen LogP contribution in [-0.4, -0.2) is 69.7 Å². The summed E-state index contributed by atoms with van der Waals surface area (Å²) in [6.45, 7) is 7.12. The standard InChI is InChI=1S/C27H29Cl2N7O3/c1-13(18-6-27(18,28)29)33-25(39)20-7-26(4)8-22(26)36(20)23(38)12-35-21-11-32-19(16-9-30-15(3)31-10-16)5-17(21)24(34-35)14(2)37/h5,9-11,13,18,20,22H,6-8,12H2,1-4H3,(H,33,39)/t13-,18-,20+,22-,26+/m1/s1. The number of carbonyl (C=O) groups excluding carboxylic acids is 3. The summed E-state index contributed by atoms with van der Waals surface area (Å²) in [5.41, 5.74) is 2.05. The fraction of sp³-hybridized carbons (Fsp3) is 0.519. The third-order valence-corrected chi connectivity index (χ3v) is 9.28. The van der Waals surface area contributed by atoms with Crippen molar-refractivity contribution < 1.29 is 14.4 Å². The molecule has 1 aliphatic heterocycles. The molecule has 3 aromatic rings. The highest BCUT2D eigenvalue weighted by Crippen LogP contribution is 2.59. The molecule has 0 radical (unpaired) electrons. The maximum Gasteiger partial charge on any atom is 0.245 e. The van der Waals surface area contributed by atoms with Gasteiger partial charge in [-0.3, -0.25) is 24.0 Å². The first-order valence-electron chi connectivity index (χ1n) is 13.0. The van der Waals surface area contributed by atoms with Gasteiger partial charge in [0.2, 0.25) is 11.8 Å². The van der Waals surface area contributed by atoms with Crippen LogP contribution in [-0.2, 0) is 16.1 Å². The van der Waals surface area contributed by atoms with Crippen molar-refractivity contribution in [2.24, 2.45) is 11.3 Å². The predicted octanol–water partition coefficient (Wildman–Crippen LogP) is 3.48. The van der Waals surface area contributed by atoms with E-state index in [1.807, 2.05) is 6.92 Å². The number of aryl methyl sites for hydroxylation is 1. The predicted molar refractivity (Wildman–Crippen MR) is 145 cm³/mol. The van der Waals surface area contributed by atoms with Crippen LogP contribution in [0.5, 0.6) is 0 Å². The number of fused-ring (bicyclic) bond motifs is 2. The van der Waals surface area contributed by atoms with Crippen LogP contribution in [0.3, 0.4) is 0 Å². The van der Waals surface area contributed by atoms with Crippen LogP contribution in [0.25, 0.3) is 22.2 Å². The van der Waals surface area contributed by atoms with Crippen LogP contribution in [0.4, 0.5) is 0 Å². The Hall–Kier alpha value is -3.11. The van der Waals surface area contributed by atoms with Gasteiger partial charge in [0.25, 0.3) is 0 Å². The Balaban J connectivity index is 1.26. The van der Waals surface area contributed by atoms with Gasteiger partial charge in [-0.05, 0) is 44.6 Å². The lowest BCUT2D eigenvalue weighted by molar-refractivity contribution is -0.140. The van der Waals surface area contributed by atoms with Crippen molar-refractivity contribution in [1.82, 2.24) is 34.9 Å². The number of ketones is 1. The molecule has 0 bridgehead atoms. The van der Waals surface area contributed by atoms with Crippen molar-refractivity contribution in [1.29, 1.82) is 0 Å². The van der Waals surface area contributed by atoms with Crippen LogP contribution >= 0.6 is 23.2 Å². The SMILES string of the molecule is CC(=O)c1nn(CC(=O)N2[C@H](C(=O)N[C@H](C)[C@H]3CC3(Cl)Cl)C[C@@]3(C)C[C@@H]23)c2cnc(-c3cnc(C)nc3)cc12. The number of amides is 2. The van der Waals surface area contributed by atoms with Gasteiger partial charge in [-0.2, -0.15) is 5.10 Å². The van der Waals surface area contributed by atoms with Crippen molar-refractivity contribution in [2.45, 2.75) is 76.0 Å². The smallest absolute Gasteiger partial charge is 0.245 e. The van der Waals surface area contributed by atoms with Crippen molar-refractivity contribution in [3.05, 3.63) is 36.2 Å². The van der Waals surface area contributed by atoms with Gasteiger partial charge in [0, 0.05) is 48.3 Å². The van der Waals surface area contributed by atoms with Crippen LogP contribution < -0.4 is 5.32 Å². The quantitative estimate of drug-likeness (QED) is 0.341. The maximum absolute atomic E-state index is 13.7. The van der Waals surface area contributed by atoms with E-state index in [9.17, 15) is 14.4 Å². The summed E-state index contributed by atoms with van der Waals surface area (Å²) in [5.74, 6) is -0.00341. The monoisotopic (exact) mass is 569 g/mol. The van der Waals surface area contributed by atoms with Gasteiger partial charge in [0.15, 0.2) is 5.78 Å². The highest BCUT2D eigenvalue weighted by atomic mass is 35.5. The molecule has 3 aliphatic rings. The number of hydrogen-bond acceptors (Lipinski definition) is 7. The normalized spacial score (nSPS) is 27.2. The Morgan fingerprint density at radius 2 is 1.82 bits per heavy atom. The second-order valence-electron chi connectivity index (χ2n) is 11.4. The van der Waals surface area contributed by atoms with Gasteiger partial charge in [-0.1, -0.05) is 6.92 Å². The highest BCUT2D eigenvalue weighted by Gasteiger charge is 2.64. The molecule has 2 saturated carbocycles. The maximum atomic E-state index is 13.7. The topological polar surface area (TPSA) is 123 Å². The zero-order valence-corrected chi connectivity index (χ0v) is 23.6. The largest absolute Gasteiger partial charge is 0.351 e. The second-order valence-corrected chi connectivity index (χ2v) is 13.0. The van der Waals surface area contributed by atoms with Crippen LogP contribution in [0.15, 0.2) is 24.7 Å². The van der Waals surface area contributed by atoms with E-state index in [0.717, 1.165) is 6.42 Å². The van der Waals surface area contributed by atoms with E-state index >= 15 is 0 Å². The van der Waals surface area contributed by atoms with Gasteiger partial charge in [0.05, 0.1) is 17.4 Å². The third kappa shape index (κ3) is 4.57. The zero-order chi connectivity index (χ0) is 27.9. The molecule has 1 N–H and O–H groups in total. The average molecular weight is 570 g/mol. The summed E-state index contributed by atoms with van der Waals surface area (Å²) in [6, 6.07) is 0.993. The number of halogens is 2. The summed E-state index contributed by atoms with van der Waals surface area (Å²) in [4.78, 5) is 54.1. The average Bonchev–Trinajstić information content (AvgIpc) is 3.63. The molecule has 6 rings (SSSR count). The number of nitrogens with one attached hydrogen (secondary N) is 1. The van der Waals surface area contributed by atoms with Crippen molar-refractivity contribution in [2.75, 3.05) is 0 Å². The molecule has 5 atom stereocenters. The first-order valence-corrected chi connectivity index (χ1v) is 13.8. The molecule has 204 valence electrons. The van der Waals surface area contributed by atoms with E-state index in [1.54, 1.807) is 36.5 Å². The van der Waals surface area contributed by atoms with E-state index in [4.69, 9.17) is 23.2 Å². The summed E-state index contributed by atoms with van der Waals surface area (Å²) in [7, 11) is 0. The molecule has 1 saturated heterocycles. The molecular formula is C27H29Cl2N7O3. The molecule has 0 spiro atoms. The third-order valence-electron chi connectivity index (χ3n) is 8.41. The van der Waals surface area contributed by atoms with Gasteiger partial charge in [0.1, 0.15) is 28.4 Å². The first kappa shape index (κ1) is 26.1. The first-order chi connectivity index (χ1) is 18.4. The van der Waals surface area contributed by atoms with Crippen molar-refractivity contribution >= 4 is 51.7 Å². The molecule has 2 aliphatic carbocycles. The number of pyridine rings is 1. The Bertz CT molecular complexity index is 1520. The molecular weight excluding hydrogens is 541 g/mol. The van der Waals surface area contributed by atoms with Gasteiger partial charge < -0.3 is 10.2 Å². The fourth-order valence-electron chi connectivity index (χ4n) is 5.90. The molecule has 2 amide bonds. The minimum absolute atomic E-state index is 0.00232. The molecule has 3 fully saturated rings. The van der Waals surface area contributed by atoms with E-state index in [-0.39, 0.29) is 53.3 Å². The molecule has 3 aromatic heterocycles. The lowest BCUT2D eigenvalue weighted by Crippen LogP contribution is -2.51. The van der Waals surface area contributed by atoms with E-state index < -0.39 is 10.4 Å². The van der Waals surface area contributed by atoms with Crippen LogP contribution in [0, 0.1) is 18.3 Å². The number of likely N-dealkylation sites (tertiary alicyclic amines) is 1. The molecule has 39 heavy (non-hydrogen) atoms. The van der Waals surface area contributed by atoms with Gasteiger partial charge in [-0.25, -0.2) is 9.97 Å². The number of hydrogen-bond donors (Lipinski definition) is 1. The Labute approximate surface area is 235 Å². The van der Waals surface area contributed by atoms with E-state index in [2.05, 4.69) is 32.3 Å². The molecule has 0 unspecified atom stereocenters. The summed E-state index contributed by atoms with van der Waals surface area (Å²) in [6.07, 6.45) is 7.04. The number of alkyl halides is 2. The van der Waals surface area contributed by atoms with Crippen molar-refractivity contribution in [3.63, 3.8) is 0 Å². The fourth-order valence-corrected chi connectivity index (χ4v) is 6.61. The van der Waals surface area contributed by atoms with Crippen LogP contribution in [0.2, 0.25) is 0 Å². The van der Waals surface area contributed by atoms with Crippen LogP contribution in [0.1, 0.15) is 56.3 Å². The number of carbonyl (C=O) groups is 3. The van der Waals surface area contributed by atoms with E-state index in [0.29, 0.717) is 40.8 Å². The number of Topliss-reactive ketones (excluding diaryl/α,β-unsaturated/α-hetero) is 1. The van der Waals surface area contributed by atoms with Gasteiger partial charge >= 0.3 is 0 Å². The number of rotatable bonds is 7. The number of aromatic nitrogens is 5. The lowest BCUT2D eigenvalue weighted by atomic mass is 10.0. The molecule has 0 aromatic carbocycles. The molecule has 10 nitrogen and oxygen atoms in total. The van der Waals surface area contributed by atoms with Crippen molar-refractivity contribution in [3.8, 4) is 11.3 Å². The summed E-state index contributed by atoms with van der Waals surface area (Å²) in [5, 5.41) is 8.11. The number of nitrogens with zero attached hydrogens (tertiary/aromatic N) is 6. The summed E-state index contributed by atoms with van der Waals surface area (Å²) < 4.78 is 0.702. The highest BCUT2D eigenvalue weighted by molar-refractivity contribution is 6.51. The summed E-state index contributed by atoms with van der Waals surface area (Å²) >= 11 is 12.4. The Kier molecular flexibility index (Phi) is 6.00. The number of piperidine rings is 1. The Morgan fingerprint density at radius 1 is 1.13 bits per heavy atom. The van der Waals surface area contributed by atoms with E-state index in [1.165, 1.54) is 11.6 Å². The molecule has 12 heteroatoms. The minimum Gasteiger partial charge on any atom is -0.351 e. The lowest BCUT2D eigenvalue weighted by Gasteiger charge is -2.28.